The highest BCUT2D eigenvalue weighted by atomic mass is 32.2. The van der Waals surface area contributed by atoms with Gasteiger partial charge in [0.1, 0.15) is 5.75 Å². The molecule has 3 aromatic rings. The Labute approximate surface area is 163 Å². The normalized spacial score (nSPS) is 18.2. The summed E-state index contributed by atoms with van der Waals surface area (Å²) in [6, 6.07) is 15.8. The molecule has 1 aliphatic heterocycles. The molecule has 0 aliphatic carbocycles. The number of sulfonamides is 1. The summed E-state index contributed by atoms with van der Waals surface area (Å²) in [7, 11) is -2.05. The van der Waals surface area contributed by atoms with Gasteiger partial charge in [-0.05, 0) is 54.6 Å². The molecule has 0 spiro atoms. The molecular weight excluding hydrogens is 376 g/mol. The standard InChI is InChI=1S/C21H22N2O4S/c1-27-17-8-10-18(11-9-17)28(25,26)23-12-4-6-16(14-23)20-13-15-5-2-3-7-19(15)21(24)22-20/h2-3,5,7-11,13,16H,4,6,12,14H2,1H3,(H,22,24). The molecule has 2 aromatic carbocycles. The highest BCUT2D eigenvalue weighted by Crippen LogP contribution is 2.30. The topological polar surface area (TPSA) is 79.5 Å². The molecule has 1 unspecified atom stereocenters. The monoisotopic (exact) mass is 398 g/mol. The van der Waals surface area contributed by atoms with Crippen molar-refractivity contribution in [2.45, 2.75) is 23.7 Å². The van der Waals surface area contributed by atoms with E-state index in [4.69, 9.17) is 4.74 Å². The van der Waals surface area contributed by atoms with Gasteiger partial charge in [-0.15, -0.1) is 0 Å². The number of ether oxygens (including phenoxy) is 1. The summed E-state index contributed by atoms with van der Waals surface area (Å²) in [4.78, 5) is 15.6. The Morgan fingerprint density at radius 3 is 2.61 bits per heavy atom. The molecule has 1 saturated heterocycles. The van der Waals surface area contributed by atoms with Gasteiger partial charge in [0.15, 0.2) is 0 Å². The molecule has 2 heterocycles. The number of aromatic amines is 1. The van der Waals surface area contributed by atoms with Crippen molar-refractivity contribution < 1.29 is 13.2 Å². The fourth-order valence-corrected chi connectivity index (χ4v) is 5.29. The van der Waals surface area contributed by atoms with Crippen LogP contribution in [0, 0.1) is 0 Å². The van der Waals surface area contributed by atoms with Crippen LogP contribution in [0.15, 0.2) is 64.3 Å². The molecule has 1 aromatic heterocycles. The fourth-order valence-electron chi connectivity index (χ4n) is 3.76. The predicted molar refractivity (Wildman–Crippen MR) is 108 cm³/mol. The first-order chi connectivity index (χ1) is 13.5. The van der Waals surface area contributed by atoms with Crippen LogP contribution >= 0.6 is 0 Å². The average Bonchev–Trinajstić information content (AvgIpc) is 2.74. The number of hydrogen-bond acceptors (Lipinski definition) is 4. The molecule has 1 N–H and O–H groups in total. The van der Waals surface area contributed by atoms with Crippen LogP contribution in [0.25, 0.3) is 10.8 Å². The van der Waals surface area contributed by atoms with E-state index in [1.807, 2.05) is 24.3 Å². The lowest BCUT2D eigenvalue weighted by Crippen LogP contribution is -2.39. The van der Waals surface area contributed by atoms with E-state index < -0.39 is 10.0 Å². The van der Waals surface area contributed by atoms with Crippen molar-refractivity contribution in [3.63, 3.8) is 0 Å². The molecule has 1 aliphatic rings. The molecule has 0 amide bonds. The number of methoxy groups -OCH3 is 1. The summed E-state index contributed by atoms with van der Waals surface area (Å²) in [6.45, 7) is 0.825. The predicted octanol–water partition coefficient (Wildman–Crippen LogP) is 3.11. The zero-order valence-corrected chi connectivity index (χ0v) is 16.4. The lowest BCUT2D eigenvalue weighted by atomic mass is 9.94. The maximum atomic E-state index is 13.1. The molecule has 6 nitrogen and oxygen atoms in total. The molecule has 7 heteroatoms. The molecule has 0 radical (unpaired) electrons. The number of H-pyrrole nitrogens is 1. The van der Waals surface area contributed by atoms with E-state index >= 15 is 0 Å². The summed E-state index contributed by atoms with van der Waals surface area (Å²) < 4.78 is 32.7. The molecule has 1 atom stereocenters. The van der Waals surface area contributed by atoms with Gasteiger partial charge in [-0.25, -0.2) is 8.42 Å². The Balaban J connectivity index is 1.63. The Morgan fingerprint density at radius 2 is 1.86 bits per heavy atom. The summed E-state index contributed by atoms with van der Waals surface area (Å²) in [6.07, 6.45) is 1.58. The quantitative estimate of drug-likeness (QED) is 0.732. The van der Waals surface area contributed by atoms with Crippen molar-refractivity contribution >= 4 is 20.8 Å². The number of fused-ring (bicyclic) bond motifs is 1. The van der Waals surface area contributed by atoms with Crippen molar-refractivity contribution in [1.82, 2.24) is 9.29 Å². The van der Waals surface area contributed by atoms with Gasteiger partial charge in [0, 0.05) is 30.1 Å². The first-order valence-electron chi connectivity index (χ1n) is 9.25. The minimum Gasteiger partial charge on any atom is -0.497 e. The van der Waals surface area contributed by atoms with Crippen molar-refractivity contribution in [1.29, 1.82) is 0 Å². The van der Waals surface area contributed by atoms with Gasteiger partial charge in [-0.3, -0.25) is 4.79 Å². The van der Waals surface area contributed by atoms with Gasteiger partial charge < -0.3 is 9.72 Å². The van der Waals surface area contributed by atoms with Crippen LogP contribution in [0.3, 0.4) is 0 Å². The third-order valence-corrected chi connectivity index (χ3v) is 7.17. The first-order valence-corrected chi connectivity index (χ1v) is 10.7. The number of pyridine rings is 1. The maximum Gasteiger partial charge on any atom is 0.256 e. The third-order valence-electron chi connectivity index (χ3n) is 5.30. The number of hydrogen-bond donors (Lipinski definition) is 1. The smallest absolute Gasteiger partial charge is 0.256 e. The number of rotatable bonds is 4. The van der Waals surface area contributed by atoms with Crippen LogP contribution in [0.2, 0.25) is 0 Å². The number of aromatic nitrogens is 1. The number of piperidine rings is 1. The Bertz CT molecular complexity index is 1150. The van der Waals surface area contributed by atoms with Gasteiger partial charge in [0.05, 0.1) is 12.0 Å². The molecular formula is C21H22N2O4S. The number of benzene rings is 2. The molecule has 146 valence electrons. The molecule has 28 heavy (non-hydrogen) atoms. The fraction of sp³-hybridized carbons (Fsp3) is 0.286. The van der Waals surface area contributed by atoms with Gasteiger partial charge in [-0.2, -0.15) is 4.31 Å². The van der Waals surface area contributed by atoms with Crippen molar-refractivity contribution in [3.8, 4) is 5.75 Å². The largest absolute Gasteiger partial charge is 0.497 e. The lowest BCUT2D eigenvalue weighted by Gasteiger charge is -2.32. The highest BCUT2D eigenvalue weighted by molar-refractivity contribution is 7.89. The van der Waals surface area contributed by atoms with E-state index in [0.29, 0.717) is 24.2 Å². The minimum absolute atomic E-state index is 0.0425. The first kappa shape index (κ1) is 18.7. The molecule has 0 bridgehead atoms. The third kappa shape index (κ3) is 3.43. The van der Waals surface area contributed by atoms with Crippen LogP contribution in [-0.4, -0.2) is 37.9 Å². The Hall–Kier alpha value is -2.64. The maximum absolute atomic E-state index is 13.1. The van der Waals surface area contributed by atoms with Crippen molar-refractivity contribution in [3.05, 3.63) is 70.6 Å². The zero-order valence-electron chi connectivity index (χ0n) is 15.6. The van der Waals surface area contributed by atoms with E-state index in [1.54, 1.807) is 37.4 Å². The number of nitrogens with one attached hydrogen (secondary N) is 1. The van der Waals surface area contributed by atoms with Gasteiger partial charge in [0.2, 0.25) is 10.0 Å². The van der Waals surface area contributed by atoms with E-state index in [2.05, 4.69) is 4.98 Å². The second kappa shape index (κ2) is 7.41. The van der Waals surface area contributed by atoms with Gasteiger partial charge >= 0.3 is 0 Å². The zero-order chi connectivity index (χ0) is 19.7. The van der Waals surface area contributed by atoms with Crippen LogP contribution in [0.1, 0.15) is 24.5 Å². The molecule has 4 rings (SSSR count). The van der Waals surface area contributed by atoms with E-state index in [0.717, 1.165) is 23.9 Å². The molecule has 1 fully saturated rings. The average molecular weight is 398 g/mol. The summed E-state index contributed by atoms with van der Waals surface area (Å²) in [5, 5.41) is 1.51. The summed E-state index contributed by atoms with van der Waals surface area (Å²) >= 11 is 0. The highest BCUT2D eigenvalue weighted by Gasteiger charge is 2.31. The van der Waals surface area contributed by atoms with E-state index in [-0.39, 0.29) is 16.4 Å². The van der Waals surface area contributed by atoms with Gasteiger partial charge in [-0.1, -0.05) is 18.2 Å². The van der Waals surface area contributed by atoms with Crippen molar-refractivity contribution in [2.24, 2.45) is 0 Å². The second-order valence-corrected chi connectivity index (χ2v) is 8.96. The Morgan fingerprint density at radius 1 is 1.11 bits per heavy atom. The SMILES string of the molecule is COc1ccc(S(=O)(=O)N2CCCC(c3cc4ccccc4c(=O)[nH]3)C2)cc1. The Kier molecular flexibility index (Phi) is 4.95. The van der Waals surface area contributed by atoms with Crippen LogP contribution in [0.4, 0.5) is 0 Å². The van der Waals surface area contributed by atoms with Crippen LogP contribution in [0.5, 0.6) is 5.75 Å². The van der Waals surface area contributed by atoms with Crippen LogP contribution in [-0.2, 0) is 10.0 Å². The second-order valence-electron chi connectivity index (χ2n) is 7.02. The van der Waals surface area contributed by atoms with Gasteiger partial charge in [0.25, 0.3) is 5.56 Å². The van der Waals surface area contributed by atoms with Crippen molar-refractivity contribution in [2.75, 3.05) is 20.2 Å². The summed E-state index contributed by atoms with van der Waals surface area (Å²) in [5.41, 5.74) is 0.654. The molecule has 0 saturated carbocycles. The van der Waals surface area contributed by atoms with Crippen LogP contribution < -0.4 is 10.3 Å². The van der Waals surface area contributed by atoms with E-state index in [1.165, 1.54) is 4.31 Å². The number of nitrogens with zero attached hydrogens (tertiary/aromatic N) is 1. The minimum atomic E-state index is -3.59. The lowest BCUT2D eigenvalue weighted by molar-refractivity contribution is 0.312. The van der Waals surface area contributed by atoms with E-state index in [9.17, 15) is 13.2 Å². The summed E-state index contributed by atoms with van der Waals surface area (Å²) in [5.74, 6) is 0.572.